The summed E-state index contributed by atoms with van der Waals surface area (Å²) < 4.78 is 0. The molecule has 0 unspecified atom stereocenters. The second kappa shape index (κ2) is 3.82. The summed E-state index contributed by atoms with van der Waals surface area (Å²) >= 11 is 0. The number of Topliss-reactive ketones (excluding diaryl/α,β-unsaturated/α-hetero) is 1. The van der Waals surface area contributed by atoms with Crippen LogP contribution in [0.1, 0.15) is 27.6 Å². The predicted molar refractivity (Wildman–Crippen MR) is 46.9 cm³/mol. The number of amides is 1. The first-order valence-electron chi connectivity index (χ1n) is 3.68. The van der Waals surface area contributed by atoms with Crippen LogP contribution in [0.25, 0.3) is 0 Å². The number of rotatable bonds is 2. The topological polar surface area (TPSA) is 72.2 Å². The van der Waals surface area contributed by atoms with Crippen LogP contribution >= 0.6 is 0 Å². The number of carbonyl (C=O) groups excluding carboxylic acids is 2. The Morgan fingerprint density at radius 1 is 1.46 bits per heavy atom. The van der Waals surface area contributed by atoms with Gasteiger partial charge in [-0.3, -0.25) is 15.0 Å². The van der Waals surface area contributed by atoms with Gasteiger partial charge in [0.1, 0.15) is 0 Å². The molecule has 0 aliphatic rings. The molecule has 0 bridgehead atoms. The van der Waals surface area contributed by atoms with Crippen molar-refractivity contribution < 1.29 is 9.59 Å². The van der Waals surface area contributed by atoms with Gasteiger partial charge in [-0.05, 0) is 25.1 Å². The van der Waals surface area contributed by atoms with Crippen LogP contribution in [0.15, 0.2) is 18.2 Å². The molecule has 1 radical (unpaired) electrons. The SMILES string of the molecule is CC(=O)c1c[c]c(C(=O)NN)cc1. The van der Waals surface area contributed by atoms with Crippen molar-refractivity contribution in [3.63, 3.8) is 0 Å². The van der Waals surface area contributed by atoms with E-state index in [1.54, 1.807) is 6.07 Å². The maximum absolute atomic E-state index is 10.9. The molecule has 3 N–H and O–H groups in total. The Hall–Kier alpha value is -1.68. The van der Waals surface area contributed by atoms with Crippen LogP contribution < -0.4 is 11.3 Å². The van der Waals surface area contributed by atoms with Gasteiger partial charge in [-0.25, -0.2) is 5.84 Å². The molecule has 1 amide bonds. The lowest BCUT2D eigenvalue weighted by Gasteiger charge is -1.99. The van der Waals surface area contributed by atoms with Crippen molar-refractivity contribution in [3.8, 4) is 0 Å². The minimum absolute atomic E-state index is 0.0593. The van der Waals surface area contributed by atoms with Gasteiger partial charge in [0.05, 0.1) is 0 Å². The van der Waals surface area contributed by atoms with E-state index < -0.39 is 5.91 Å². The van der Waals surface area contributed by atoms with Crippen LogP contribution in [0.4, 0.5) is 0 Å². The lowest BCUT2D eigenvalue weighted by Crippen LogP contribution is -2.30. The van der Waals surface area contributed by atoms with E-state index in [1.807, 2.05) is 5.43 Å². The summed E-state index contributed by atoms with van der Waals surface area (Å²) in [7, 11) is 0. The number of hydrogen-bond donors (Lipinski definition) is 2. The van der Waals surface area contributed by atoms with E-state index in [0.29, 0.717) is 11.1 Å². The summed E-state index contributed by atoms with van der Waals surface area (Å²) in [5.74, 6) is 4.43. The van der Waals surface area contributed by atoms with Crippen molar-refractivity contribution in [2.24, 2.45) is 5.84 Å². The number of nitrogen functional groups attached to an aromatic ring is 1. The van der Waals surface area contributed by atoms with Gasteiger partial charge in [0.25, 0.3) is 5.91 Å². The highest BCUT2D eigenvalue weighted by atomic mass is 16.2. The van der Waals surface area contributed by atoms with Crippen LogP contribution in [0.2, 0.25) is 0 Å². The van der Waals surface area contributed by atoms with Gasteiger partial charge in [-0.2, -0.15) is 0 Å². The zero-order valence-corrected chi connectivity index (χ0v) is 7.13. The van der Waals surface area contributed by atoms with Gasteiger partial charge in [-0.15, -0.1) is 0 Å². The molecule has 1 aromatic carbocycles. The van der Waals surface area contributed by atoms with Gasteiger partial charge in [-0.1, -0.05) is 6.07 Å². The molecule has 0 saturated heterocycles. The monoisotopic (exact) mass is 177 g/mol. The molecule has 1 rings (SSSR count). The second-order valence-corrected chi connectivity index (χ2v) is 2.52. The normalized spacial score (nSPS) is 9.38. The Kier molecular flexibility index (Phi) is 2.76. The molecule has 0 fully saturated rings. The molecule has 67 valence electrons. The average molecular weight is 177 g/mol. The summed E-state index contributed by atoms with van der Waals surface area (Å²) in [5, 5.41) is 0. The number of hydrogen-bond acceptors (Lipinski definition) is 3. The number of benzene rings is 1. The summed E-state index contributed by atoms with van der Waals surface area (Å²) in [5.41, 5.74) is 2.81. The lowest BCUT2D eigenvalue weighted by molar-refractivity contribution is 0.0951. The molecule has 4 nitrogen and oxygen atoms in total. The van der Waals surface area contributed by atoms with Crippen molar-refractivity contribution in [1.82, 2.24) is 5.43 Å². The van der Waals surface area contributed by atoms with E-state index in [-0.39, 0.29) is 5.78 Å². The standard InChI is InChI=1S/C9H9N2O2/c1-6(12)7-2-4-8(5-3-7)9(13)11-10/h2-4H,10H2,1H3,(H,11,13). The molecule has 0 aliphatic heterocycles. The van der Waals surface area contributed by atoms with E-state index in [1.165, 1.54) is 19.1 Å². The first kappa shape index (κ1) is 9.41. The van der Waals surface area contributed by atoms with Crippen molar-refractivity contribution in [3.05, 3.63) is 35.4 Å². The van der Waals surface area contributed by atoms with Gasteiger partial charge < -0.3 is 0 Å². The van der Waals surface area contributed by atoms with Crippen LogP contribution in [-0.2, 0) is 0 Å². The molecule has 1 aromatic rings. The molecule has 0 aromatic heterocycles. The highest BCUT2D eigenvalue weighted by Crippen LogP contribution is 2.03. The third kappa shape index (κ3) is 2.13. The molecule has 4 heteroatoms. The fourth-order valence-corrected chi connectivity index (χ4v) is 0.863. The van der Waals surface area contributed by atoms with Crippen molar-refractivity contribution in [1.29, 1.82) is 0 Å². The number of nitrogens with two attached hydrogens (primary N) is 1. The van der Waals surface area contributed by atoms with E-state index in [0.717, 1.165) is 0 Å². The number of ketones is 1. The van der Waals surface area contributed by atoms with Gasteiger partial charge >= 0.3 is 0 Å². The Morgan fingerprint density at radius 2 is 2.15 bits per heavy atom. The van der Waals surface area contributed by atoms with Crippen LogP contribution in [0.5, 0.6) is 0 Å². The molecular formula is C9H9N2O2. The number of hydrazine groups is 1. The van der Waals surface area contributed by atoms with Crippen molar-refractivity contribution >= 4 is 11.7 Å². The maximum atomic E-state index is 10.9. The molecular weight excluding hydrogens is 168 g/mol. The van der Waals surface area contributed by atoms with Gasteiger partial charge in [0, 0.05) is 11.1 Å². The number of carbonyl (C=O) groups is 2. The average Bonchev–Trinajstić information content (AvgIpc) is 2.17. The minimum atomic E-state index is -0.421. The third-order valence-corrected chi connectivity index (χ3v) is 1.59. The maximum Gasteiger partial charge on any atom is 0.265 e. The minimum Gasteiger partial charge on any atom is -0.295 e. The van der Waals surface area contributed by atoms with Crippen molar-refractivity contribution in [2.75, 3.05) is 0 Å². The van der Waals surface area contributed by atoms with Crippen molar-refractivity contribution in [2.45, 2.75) is 6.92 Å². The Balaban J connectivity index is 2.93. The zero-order valence-electron chi connectivity index (χ0n) is 7.13. The van der Waals surface area contributed by atoms with Crippen LogP contribution in [0, 0.1) is 6.07 Å². The predicted octanol–water partition coefficient (Wildman–Crippen LogP) is 0.293. The first-order chi connectivity index (χ1) is 6.15. The molecule has 0 saturated carbocycles. The van der Waals surface area contributed by atoms with E-state index >= 15 is 0 Å². The summed E-state index contributed by atoms with van der Waals surface area (Å²) in [6.07, 6.45) is 0. The third-order valence-electron chi connectivity index (χ3n) is 1.59. The van der Waals surface area contributed by atoms with Gasteiger partial charge in [0.2, 0.25) is 0 Å². The Morgan fingerprint density at radius 3 is 2.54 bits per heavy atom. The Labute approximate surface area is 75.7 Å². The molecule has 0 aliphatic carbocycles. The zero-order chi connectivity index (χ0) is 9.84. The second-order valence-electron chi connectivity index (χ2n) is 2.52. The largest absolute Gasteiger partial charge is 0.295 e. The first-order valence-corrected chi connectivity index (χ1v) is 3.68. The van der Waals surface area contributed by atoms with E-state index in [4.69, 9.17) is 5.84 Å². The molecule has 0 spiro atoms. The summed E-state index contributed by atoms with van der Waals surface area (Å²) in [6, 6.07) is 7.18. The van der Waals surface area contributed by atoms with Crippen LogP contribution in [0.3, 0.4) is 0 Å². The highest BCUT2D eigenvalue weighted by Gasteiger charge is 2.04. The lowest BCUT2D eigenvalue weighted by atomic mass is 10.1. The van der Waals surface area contributed by atoms with E-state index in [9.17, 15) is 9.59 Å². The number of nitrogens with one attached hydrogen (secondary N) is 1. The van der Waals surface area contributed by atoms with Crippen LogP contribution in [-0.4, -0.2) is 11.7 Å². The van der Waals surface area contributed by atoms with Gasteiger partial charge in [0.15, 0.2) is 5.78 Å². The summed E-state index contributed by atoms with van der Waals surface area (Å²) in [4.78, 5) is 21.8. The Bertz CT molecular complexity index is 330. The molecule has 13 heavy (non-hydrogen) atoms. The van der Waals surface area contributed by atoms with E-state index in [2.05, 4.69) is 6.07 Å². The highest BCUT2D eigenvalue weighted by molar-refractivity contribution is 5.97. The smallest absolute Gasteiger partial charge is 0.265 e. The summed E-state index contributed by atoms with van der Waals surface area (Å²) in [6.45, 7) is 1.45. The molecule has 0 heterocycles. The molecule has 0 atom stereocenters. The quantitative estimate of drug-likeness (QED) is 0.295. The fourth-order valence-electron chi connectivity index (χ4n) is 0.863. The fraction of sp³-hybridized carbons (Fsp3) is 0.111.